The van der Waals surface area contributed by atoms with Gasteiger partial charge in [-0.15, -0.1) is 0 Å². The topological polar surface area (TPSA) is 29.1 Å². The van der Waals surface area contributed by atoms with Gasteiger partial charge in [-0.2, -0.15) is 0 Å². The molecule has 0 spiro atoms. The van der Waals surface area contributed by atoms with Crippen molar-refractivity contribution in [2.75, 3.05) is 0 Å². The smallest absolute Gasteiger partial charge is 0.227 e. The fourth-order valence-corrected chi connectivity index (χ4v) is 1.37. The lowest BCUT2D eigenvalue weighted by Gasteiger charge is -2.23. The number of carbonyl (C=O) groups is 1. The van der Waals surface area contributed by atoms with Gasteiger partial charge in [0, 0.05) is 5.54 Å². The SMILES string of the molecule is CC(C(=O)NC(C)(C)C)c1ccccc1. The first kappa shape index (κ1) is 11.8. The van der Waals surface area contributed by atoms with Gasteiger partial charge in [0.1, 0.15) is 0 Å². The Bertz CT molecular complexity index is 324. The van der Waals surface area contributed by atoms with E-state index in [2.05, 4.69) is 5.32 Å². The van der Waals surface area contributed by atoms with Crippen LogP contribution in [0.1, 0.15) is 39.2 Å². The van der Waals surface area contributed by atoms with Crippen LogP contribution >= 0.6 is 0 Å². The van der Waals surface area contributed by atoms with Crippen molar-refractivity contribution < 1.29 is 4.79 Å². The number of benzene rings is 1. The Labute approximate surface area is 91.7 Å². The van der Waals surface area contributed by atoms with Gasteiger partial charge < -0.3 is 5.32 Å². The number of nitrogens with one attached hydrogen (secondary N) is 1. The number of hydrogen-bond acceptors (Lipinski definition) is 1. The summed E-state index contributed by atoms with van der Waals surface area (Å²) in [5.74, 6) is -0.0147. The summed E-state index contributed by atoms with van der Waals surface area (Å²) >= 11 is 0. The summed E-state index contributed by atoms with van der Waals surface area (Å²) in [4.78, 5) is 11.8. The zero-order valence-electron chi connectivity index (χ0n) is 9.87. The maximum atomic E-state index is 11.8. The zero-order valence-corrected chi connectivity index (χ0v) is 9.87. The average Bonchev–Trinajstić information content (AvgIpc) is 2.15. The molecule has 1 rings (SSSR count). The molecule has 0 fully saturated rings. The first-order valence-electron chi connectivity index (χ1n) is 5.27. The van der Waals surface area contributed by atoms with Gasteiger partial charge in [-0.25, -0.2) is 0 Å². The first-order valence-corrected chi connectivity index (χ1v) is 5.27. The predicted molar refractivity (Wildman–Crippen MR) is 62.8 cm³/mol. The summed E-state index contributed by atoms with van der Waals surface area (Å²) in [5.41, 5.74) is 0.888. The monoisotopic (exact) mass is 205 g/mol. The highest BCUT2D eigenvalue weighted by Crippen LogP contribution is 2.15. The highest BCUT2D eigenvalue weighted by atomic mass is 16.2. The molecule has 2 nitrogen and oxygen atoms in total. The molecule has 1 unspecified atom stereocenters. The molecular formula is C13H19NO. The van der Waals surface area contributed by atoms with Crippen LogP contribution in [-0.4, -0.2) is 11.4 Å². The summed E-state index contributed by atoms with van der Waals surface area (Å²) in [6.45, 7) is 7.89. The second-order valence-electron chi connectivity index (χ2n) is 4.87. The van der Waals surface area contributed by atoms with E-state index >= 15 is 0 Å². The summed E-state index contributed by atoms with van der Waals surface area (Å²) < 4.78 is 0. The second kappa shape index (κ2) is 4.47. The Morgan fingerprint density at radius 2 is 1.73 bits per heavy atom. The summed E-state index contributed by atoms with van der Waals surface area (Å²) in [6.07, 6.45) is 0. The third kappa shape index (κ3) is 3.74. The van der Waals surface area contributed by atoms with E-state index in [0.29, 0.717) is 0 Å². The van der Waals surface area contributed by atoms with Crippen molar-refractivity contribution >= 4 is 5.91 Å². The lowest BCUT2D eigenvalue weighted by atomic mass is 9.99. The molecule has 0 saturated heterocycles. The van der Waals surface area contributed by atoms with Crippen LogP contribution in [0.25, 0.3) is 0 Å². The van der Waals surface area contributed by atoms with E-state index in [0.717, 1.165) is 5.56 Å². The fourth-order valence-electron chi connectivity index (χ4n) is 1.37. The van der Waals surface area contributed by atoms with Gasteiger partial charge >= 0.3 is 0 Å². The van der Waals surface area contributed by atoms with Crippen LogP contribution < -0.4 is 5.32 Å². The first-order chi connectivity index (χ1) is 6.90. The Morgan fingerprint density at radius 1 is 1.20 bits per heavy atom. The highest BCUT2D eigenvalue weighted by molar-refractivity contribution is 5.83. The number of hydrogen-bond donors (Lipinski definition) is 1. The average molecular weight is 205 g/mol. The maximum Gasteiger partial charge on any atom is 0.227 e. The highest BCUT2D eigenvalue weighted by Gasteiger charge is 2.19. The van der Waals surface area contributed by atoms with Crippen LogP contribution in [0, 0.1) is 0 Å². The molecule has 1 aromatic rings. The standard InChI is InChI=1S/C13H19NO/c1-10(11-8-6-5-7-9-11)12(15)14-13(2,3)4/h5-10H,1-4H3,(H,14,15). The molecule has 0 aliphatic rings. The third-order valence-corrected chi connectivity index (χ3v) is 2.19. The van der Waals surface area contributed by atoms with E-state index in [-0.39, 0.29) is 17.4 Å². The zero-order chi connectivity index (χ0) is 11.5. The molecule has 1 atom stereocenters. The minimum Gasteiger partial charge on any atom is -0.351 e. The van der Waals surface area contributed by atoms with Crippen LogP contribution in [0.4, 0.5) is 0 Å². The van der Waals surface area contributed by atoms with Crippen molar-refractivity contribution in [3.8, 4) is 0 Å². The Hall–Kier alpha value is -1.31. The van der Waals surface area contributed by atoms with Crippen molar-refractivity contribution in [2.45, 2.75) is 39.2 Å². The van der Waals surface area contributed by atoms with Gasteiger partial charge in [-0.3, -0.25) is 4.79 Å². The second-order valence-corrected chi connectivity index (χ2v) is 4.87. The Morgan fingerprint density at radius 3 is 2.20 bits per heavy atom. The van der Waals surface area contributed by atoms with E-state index in [1.165, 1.54) is 0 Å². The Kier molecular flexibility index (Phi) is 3.51. The molecule has 1 N–H and O–H groups in total. The lowest BCUT2D eigenvalue weighted by Crippen LogP contribution is -2.42. The molecule has 0 aromatic heterocycles. The van der Waals surface area contributed by atoms with Crippen molar-refractivity contribution in [3.63, 3.8) is 0 Å². The van der Waals surface area contributed by atoms with Gasteiger partial charge in [0.2, 0.25) is 5.91 Å². The van der Waals surface area contributed by atoms with Gasteiger partial charge in [0.25, 0.3) is 0 Å². The van der Waals surface area contributed by atoms with E-state index in [9.17, 15) is 4.79 Å². The minimum atomic E-state index is -0.167. The molecule has 15 heavy (non-hydrogen) atoms. The summed E-state index contributed by atoms with van der Waals surface area (Å²) in [5, 5.41) is 2.98. The van der Waals surface area contributed by atoms with Gasteiger partial charge in [-0.05, 0) is 33.3 Å². The molecule has 1 amide bonds. The van der Waals surface area contributed by atoms with E-state index < -0.39 is 0 Å². The number of amides is 1. The normalized spacial score (nSPS) is 13.3. The Balaban J connectivity index is 2.70. The molecule has 0 heterocycles. The maximum absolute atomic E-state index is 11.8. The predicted octanol–water partition coefficient (Wildman–Crippen LogP) is 2.70. The quantitative estimate of drug-likeness (QED) is 0.790. The molecule has 0 saturated carbocycles. The van der Waals surface area contributed by atoms with Crippen LogP contribution in [0.2, 0.25) is 0 Å². The molecular weight excluding hydrogens is 186 g/mol. The molecule has 0 bridgehead atoms. The van der Waals surface area contributed by atoms with Crippen molar-refractivity contribution in [3.05, 3.63) is 35.9 Å². The molecule has 0 aliphatic carbocycles. The van der Waals surface area contributed by atoms with Crippen LogP contribution in [0.3, 0.4) is 0 Å². The van der Waals surface area contributed by atoms with Gasteiger partial charge in [-0.1, -0.05) is 30.3 Å². The summed E-state index contributed by atoms with van der Waals surface area (Å²) in [7, 11) is 0. The molecule has 1 aromatic carbocycles. The van der Waals surface area contributed by atoms with Crippen LogP contribution in [0.5, 0.6) is 0 Å². The largest absolute Gasteiger partial charge is 0.351 e. The number of carbonyl (C=O) groups excluding carboxylic acids is 1. The van der Waals surface area contributed by atoms with E-state index in [4.69, 9.17) is 0 Å². The van der Waals surface area contributed by atoms with E-state index in [1.807, 2.05) is 58.0 Å². The molecule has 82 valence electrons. The van der Waals surface area contributed by atoms with Crippen LogP contribution in [0.15, 0.2) is 30.3 Å². The molecule has 2 heteroatoms. The van der Waals surface area contributed by atoms with Gasteiger partial charge in [0.15, 0.2) is 0 Å². The van der Waals surface area contributed by atoms with Crippen LogP contribution in [-0.2, 0) is 4.79 Å². The van der Waals surface area contributed by atoms with Gasteiger partial charge in [0.05, 0.1) is 5.92 Å². The van der Waals surface area contributed by atoms with Crippen molar-refractivity contribution in [1.82, 2.24) is 5.32 Å². The lowest BCUT2D eigenvalue weighted by molar-refractivity contribution is -0.123. The van der Waals surface area contributed by atoms with Crippen molar-refractivity contribution in [1.29, 1.82) is 0 Å². The fraction of sp³-hybridized carbons (Fsp3) is 0.462. The summed E-state index contributed by atoms with van der Waals surface area (Å²) in [6, 6.07) is 9.82. The van der Waals surface area contributed by atoms with Crippen molar-refractivity contribution in [2.24, 2.45) is 0 Å². The third-order valence-electron chi connectivity index (χ3n) is 2.19. The molecule has 0 radical (unpaired) electrons. The molecule has 0 aliphatic heterocycles. The van der Waals surface area contributed by atoms with E-state index in [1.54, 1.807) is 0 Å². The minimum absolute atomic E-state index is 0.0775. The number of rotatable bonds is 2.